The highest BCUT2D eigenvalue weighted by Crippen LogP contribution is 2.30. The molecule has 3 aromatic heterocycles. The number of carbonyl (C=O) groups is 1. The number of nitrogen functional groups attached to an aromatic ring is 1. The molecule has 4 aromatic rings. The van der Waals surface area contributed by atoms with Gasteiger partial charge in [-0.25, -0.2) is 8.78 Å². The maximum absolute atomic E-state index is 14.5. The van der Waals surface area contributed by atoms with Crippen molar-refractivity contribution in [1.29, 1.82) is 0 Å². The van der Waals surface area contributed by atoms with E-state index in [9.17, 15) is 18.4 Å². The molecule has 0 atom stereocenters. The van der Waals surface area contributed by atoms with Crippen molar-refractivity contribution in [3.63, 3.8) is 0 Å². The van der Waals surface area contributed by atoms with Crippen molar-refractivity contribution in [3.05, 3.63) is 64.7 Å². The second kappa shape index (κ2) is 8.58. The number of ether oxygens (including phenoxy) is 1. The van der Waals surface area contributed by atoms with Gasteiger partial charge in [-0.05, 0) is 24.6 Å². The van der Waals surface area contributed by atoms with E-state index in [0.717, 1.165) is 29.7 Å². The summed E-state index contributed by atoms with van der Waals surface area (Å²) in [4.78, 5) is 30.9. The number of halogens is 2. The molecule has 34 heavy (non-hydrogen) atoms. The monoisotopic (exact) mass is 466 g/mol. The van der Waals surface area contributed by atoms with E-state index in [2.05, 4.69) is 15.2 Å². The van der Waals surface area contributed by atoms with Crippen LogP contribution in [0.1, 0.15) is 12.8 Å². The molecule has 0 saturated carbocycles. The molecular weight excluding hydrogens is 446 g/mol. The van der Waals surface area contributed by atoms with Gasteiger partial charge in [0.15, 0.2) is 5.82 Å². The third kappa shape index (κ3) is 3.74. The highest BCUT2D eigenvalue weighted by Gasteiger charge is 2.22. The number of anilines is 1. The van der Waals surface area contributed by atoms with Gasteiger partial charge in [0.25, 0.3) is 5.56 Å². The van der Waals surface area contributed by atoms with Gasteiger partial charge in [0, 0.05) is 37.0 Å². The van der Waals surface area contributed by atoms with E-state index >= 15 is 0 Å². The van der Waals surface area contributed by atoms with Gasteiger partial charge in [-0.3, -0.25) is 24.2 Å². The lowest BCUT2D eigenvalue weighted by Gasteiger charge is -2.16. The molecule has 0 unspecified atom stereocenters. The highest BCUT2D eigenvalue weighted by atomic mass is 19.1. The van der Waals surface area contributed by atoms with Crippen molar-refractivity contribution in [2.75, 3.05) is 25.4 Å². The number of aromatic amines is 1. The first-order valence-corrected chi connectivity index (χ1v) is 10.6. The second-order valence-corrected chi connectivity index (χ2v) is 7.86. The number of rotatable bonds is 6. The van der Waals surface area contributed by atoms with E-state index in [1.807, 2.05) is 0 Å². The molecule has 1 aliphatic rings. The van der Waals surface area contributed by atoms with Gasteiger partial charge in [-0.15, -0.1) is 0 Å². The number of hydrogen-bond donors (Lipinski definition) is 2. The van der Waals surface area contributed by atoms with Crippen LogP contribution in [0.3, 0.4) is 0 Å². The second-order valence-electron chi connectivity index (χ2n) is 7.86. The zero-order valence-corrected chi connectivity index (χ0v) is 17.9. The average Bonchev–Trinajstić information content (AvgIpc) is 3.41. The number of likely N-dealkylation sites (tertiary alicyclic amines) is 1. The molecule has 1 fully saturated rings. The molecule has 4 heterocycles. The summed E-state index contributed by atoms with van der Waals surface area (Å²) in [7, 11) is 0. The van der Waals surface area contributed by atoms with Crippen LogP contribution in [0.25, 0.3) is 27.8 Å². The highest BCUT2D eigenvalue weighted by molar-refractivity contribution is 5.97. The molecule has 11 heteroatoms. The molecule has 1 saturated heterocycles. The summed E-state index contributed by atoms with van der Waals surface area (Å²) in [5.74, 6) is -1.32. The Morgan fingerprint density at radius 2 is 1.97 bits per heavy atom. The summed E-state index contributed by atoms with van der Waals surface area (Å²) in [6.45, 7) is 1.48. The number of aromatic nitrogens is 4. The number of nitrogens with one attached hydrogen (secondary N) is 1. The largest absolute Gasteiger partial charge is 0.492 e. The Hall–Kier alpha value is -4.28. The van der Waals surface area contributed by atoms with Crippen LogP contribution in [0.2, 0.25) is 0 Å². The number of benzene rings is 1. The van der Waals surface area contributed by atoms with Gasteiger partial charge in [-0.2, -0.15) is 5.10 Å². The predicted octanol–water partition coefficient (Wildman–Crippen LogP) is 2.64. The van der Waals surface area contributed by atoms with Gasteiger partial charge in [-0.1, -0.05) is 6.07 Å². The van der Waals surface area contributed by atoms with Crippen LogP contribution in [-0.4, -0.2) is 50.3 Å². The van der Waals surface area contributed by atoms with Gasteiger partial charge in [0.1, 0.15) is 35.1 Å². The molecule has 3 N–H and O–H groups in total. The number of H-pyrrole nitrogens is 1. The fourth-order valence-corrected chi connectivity index (χ4v) is 4.08. The van der Waals surface area contributed by atoms with Crippen LogP contribution in [-0.2, 0) is 4.79 Å². The third-order valence-corrected chi connectivity index (χ3v) is 5.74. The van der Waals surface area contributed by atoms with Gasteiger partial charge >= 0.3 is 0 Å². The minimum absolute atomic E-state index is 0.0131. The van der Waals surface area contributed by atoms with Gasteiger partial charge in [0.05, 0.1) is 17.8 Å². The van der Waals surface area contributed by atoms with Crippen molar-refractivity contribution < 1.29 is 18.3 Å². The van der Waals surface area contributed by atoms with Crippen LogP contribution < -0.4 is 16.0 Å². The Morgan fingerprint density at radius 1 is 1.18 bits per heavy atom. The van der Waals surface area contributed by atoms with E-state index < -0.39 is 22.9 Å². The first-order chi connectivity index (χ1) is 16.4. The smallest absolute Gasteiger partial charge is 0.268 e. The summed E-state index contributed by atoms with van der Waals surface area (Å²) in [5.41, 5.74) is 5.64. The van der Waals surface area contributed by atoms with Crippen LogP contribution in [0.15, 0.2) is 47.5 Å². The topological polar surface area (TPSA) is 119 Å². The number of carbonyl (C=O) groups excluding carboxylic acids is 1. The zero-order valence-electron chi connectivity index (χ0n) is 17.9. The normalized spacial score (nSPS) is 13.7. The van der Waals surface area contributed by atoms with Crippen LogP contribution in [0.5, 0.6) is 5.75 Å². The molecule has 0 spiro atoms. The number of amides is 1. The molecule has 0 radical (unpaired) electrons. The fraction of sp³-hybridized carbons (Fsp3) is 0.217. The fourth-order valence-electron chi connectivity index (χ4n) is 4.08. The van der Waals surface area contributed by atoms with Crippen molar-refractivity contribution >= 4 is 22.6 Å². The van der Waals surface area contributed by atoms with Crippen LogP contribution >= 0.6 is 0 Å². The number of fused-ring (bicyclic) bond motifs is 1. The Kier molecular flexibility index (Phi) is 5.44. The average molecular weight is 466 g/mol. The number of nitrogens with two attached hydrogens (primary N) is 1. The Morgan fingerprint density at radius 3 is 2.71 bits per heavy atom. The maximum Gasteiger partial charge on any atom is 0.268 e. The van der Waals surface area contributed by atoms with E-state index in [1.54, 1.807) is 17.0 Å². The first-order valence-electron chi connectivity index (χ1n) is 10.6. The quantitative estimate of drug-likeness (QED) is 0.451. The Bertz CT molecular complexity index is 1440. The minimum Gasteiger partial charge on any atom is -0.492 e. The Labute approximate surface area is 191 Å². The van der Waals surface area contributed by atoms with E-state index in [-0.39, 0.29) is 22.6 Å². The lowest BCUT2D eigenvalue weighted by Crippen LogP contribution is -2.29. The SMILES string of the molecule is Nc1n[nH]c2c(-c3cc(OCCN4CCCC4=O)ccn3)cn(-c3c(F)cccc3F)c(=O)c12. The number of hydrogen-bond acceptors (Lipinski definition) is 6. The predicted molar refractivity (Wildman–Crippen MR) is 121 cm³/mol. The molecule has 1 aliphatic heterocycles. The van der Waals surface area contributed by atoms with Gasteiger partial charge < -0.3 is 15.4 Å². The number of nitrogens with zero attached hydrogens (tertiary/aromatic N) is 4. The molecule has 1 amide bonds. The molecule has 174 valence electrons. The molecule has 0 bridgehead atoms. The summed E-state index contributed by atoms with van der Waals surface area (Å²) in [6.07, 6.45) is 4.20. The summed E-state index contributed by atoms with van der Waals surface area (Å²) >= 11 is 0. The van der Waals surface area contributed by atoms with E-state index in [4.69, 9.17) is 10.5 Å². The number of pyridine rings is 2. The van der Waals surface area contributed by atoms with Crippen molar-refractivity contribution in [2.24, 2.45) is 0 Å². The maximum atomic E-state index is 14.5. The van der Waals surface area contributed by atoms with Crippen LogP contribution in [0, 0.1) is 11.6 Å². The minimum atomic E-state index is -0.907. The Balaban J connectivity index is 1.55. The molecule has 9 nitrogen and oxygen atoms in total. The molecule has 5 rings (SSSR count). The molecule has 0 aliphatic carbocycles. The van der Waals surface area contributed by atoms with Gasteiger partial charge in [0.2, 0.25) is 5.91 Å². The lowest BCUT2D eigenvalue weighted by molar-refractivity contribution is -0.128. The number of para-hydroxylation sites is 1. The summed E-state index contributed by atoms with van der Waals surface area (Å²) in [6, 6.07) is 6.62. The van der Waals surface area contributed by atoms with Crippen LogP contribution in [0.4, 0.5) is 14.6 Å². The molecule has 1 aromatic carbocycles. The van der Waals surface area contributed by atoms with Crippen molar-refractivity contribution in [3.8, 4) is 22.7 Å². The first kappa shape index (κ1) is 21.6. The summed E-state index contributed by atoms with van der Waals surface area (Å²) in [5, 5.41) is 6.60. The van der Waals surface area contributed by atoms with E-state index in [1.165, 1.54) is 18.5 Å². The third-order valence-electron chi connectivity index (χ3n) is 5.74. The molecular formula is C23H20F2N6O3. The lowest BCUT2D eigenvalue weighted by atomic mass is 10.1. The van der Waals surface area contributed by atoms with E-state index in [0.29, 0.717) is 36.6 Å². The summed E-state index contributed by atoms with van der Waals surface area (Å²) < 4.78 is 35.7. The van der Waals surface area contributed by atoms with Crippen molar-refractivity contribution in [2.45, 2.75) is 12.8 Å². The van der Waals surface area contributed by atoms with Crippen molar-refractivity contribution in [1.82, 2.24) is 24.6 Å². The standard InChI is InChI=1S/C23H20F2N6O3/c24-15-3-1-4-16(25)21(15)31-12-14(20-19(23(31)33)22(26)29-28-20)17-11-13(6-7-27-17)34-10-9-30-8-2-5-18(30)32/h1,3-4,6-7,11-12H,2,5,8-10H2,(H3,26,28,29). The zero-order chi connectivity index (χ0) is 23.8.